The third-order valence-electron chi connectivity index (χ3n) is 4.75. The van der Waals surface area contributed by atoms with Crippen LogP contribution in [0.4, 0.5) is 0 Å². The number of piperidine rings is 1. The van der Waals surface area contributed by atoms with Gasteiger partial charge in [-0.05, 0) is 25.0 Å². The van der Waals surface area contributed by atoms with Gasteiger partial charge in [-0.1, -0.05) is 12.1 Å². The normalized spacial score (nSPS) is 22.1. The minimum absolute atomic E-state index is 0.0370. The SMILES string of the molecule is COCC(=O)N1CCC2(CC1)CNS(=O)(=O)c1ccccc1OC2. The van der Waals surface area contributed by atoms with Crippen molar-refractivity contribution in [2.24, 2.45) is 5.41 Å². The van der Waals surface area contributed by atoms with Gasteiger partial charge < -0.3 is 14.4 Å². The van der Waals surface area contributed by atoms with Crippen molar-refractivity contribution in [3.8, 4) is 5.75 Å². The maximum Gasteiger partial charge on any atom is 0.248 e. The third kappa shape index (κ3) is 3.40. The van der Waals surface area contributed by atoms with Gasteiger partial charge in [-0.15, -0.1) is 0 Å². The summed E-state index contributed by atoms with van der Waals surface area (Å²) in [7, 11) is -2.09. The summed E-state index contributed by atoms with van der Waals surface area (Å²) in [6.07, 6.45) is 1.38. The standard InChI is InChI=1S/C16H22N2O5S/c1-22-10-15(19)18-8-6-16(7-9-18)11-17-24(20,21)14-5-3-2-4-13(14)23-12-16/h2-5,17H,6-12H2,1H3. The van der Waals surface area contributed by atoms with E-state index in [0.29, 0.717) is 44.8 Å². The number of fused-ring (bicyclic) bond motifs is 1. The van der Waals surface area contributed by atoms with Crippen LogP contribution in [-0.2, 0) is 19.6 Å². The van der Waals surface area contributed by atoms with E-state index >= 15 is 0 Å². The highest BCUT2D eigenvalue weighted by Gasteiger charge is 2.39. The Morgan fingerprint density at radius 2 is 2.04 bits per heavy atom. The van der Waals surface area contributed by atoms with Crippen LogP contribution in [0.15, 0.2) is 29.2 Å². The molecule has 2 aliphatic heterocycles. The summed E-state index contributed by atoms with van der Waals surface area (Å²) in [6.45, 7) is 1.97. The number of rotatable bonds is 2. The number of hydrogen-bond donors (Lipinski definition) is 1. The number of amides is 1. The minimum Gasteiger partial charge on any atom is -0.492 e. The van der Waals surface area contributed by atoms with Crippen molar-refractivity contribution in [1.82, 2.24) is 9.62 Å². The second-order valence-electron chi connectivity index (χ2n) is 6.37. The average molecular weight is 354 g/mol. The van der Waals surface area contributed by atoms with Crippen molar-refractivity contribution in [2.45, 2.75) is 17.7 Å². The molecular formula is C16H22N2O5S. The van der Waals surface area contributed by atoms with Gasteiger partial charge in [0.25, 0.3) is 0 Å². The molecule has 7 nitrogen and oxygen atoms in total. The predicted molar refractivity (Wildman–Crippen MR) is 87.2 cm³/mol. The van der Waals surface area contributed by atoms with Crippen molar-refractivity contribution in [3.05, 3.63) is 24.3 Å². The number of methoxy groups -OCH3 is 1. The first kappa shape index (κ1) is 17.2. The Labute approximate surface area is 142 Å². The summed E-state index contributed by atoms with van der Waals surface area (Å²) >= 11 is 0. The van der Waals surface area contributed by atoms with Crippen LogP contribution in [0.3, 0.4) is 0 Å². The van der Waals surface area contributed by atoms with E-state index in [1.54, 1.807) is 29.2 Å². The molecule has 1 fully saturated rings. The average Bonchev–Trinajstić information content (AvgIpc) is 2.59. The van der Waals surface area contributed by atoms with Crippen molar-refractivity contribution in [1.29, 1.82) is 0 Å². The molecule has 0 aliphatic carbocycles. The van der Waals surface area contributed by atoms with Gasteiger partial charge in [0.1, 0.15) is 17.3 Å². The van der Waals surface area contributed by atoms with Gasteiger partial charge in [0.05, 0.1) is 6.61 Å². The zero-order valence-electron chi connectivity index (χ0n) is 13.7. The van der Waals surface area contributed by atoms with Crippen LogP contribution in [-0.4, -0.2) is 59.2 Å². The molecule has 3 rings (SSSR count). The molecule has 1 aromatic carbocycles. The highest BCUT2D eigenvalue weighted by Crippen LogP contribution is 2.35. The molecule has 1 amide bonds. The number of nitrogens with one attached hydrogen (secondary N) is 1. The number of sulfonamides is 1. The fourth-order valence-corrected chi connectivity index (χ4v) is 4.47. The van der Waals surface area contributed by atoms with E-state index in [9.17, 15) is 13.2 Å². The Kier molecular flexibility index (Phi) is 4.80. The number of para-hydroxylation sites is 1. The van der Waals surface area contributed by atoms with E-state index in [1.807, 2.05) is 0 Å². The number of hydrogen-bond acceptors (Lipinski definition) is 5. The number of likely N-dealkylation sites (tertiary alicyclic amines) is 1. The second kappa shape index (κ2) is 6.70. The summed E-state index contributed by atoms with van der Waals surface area (Å²) in [4.78, 5) is 13.9. The van der Waals surface area contributed by atoms with E-state index in [4.69, 9.17) is 9.47 Å². The Bertz CT molecular complexity index is 711. The van der Waals surface area contributed by atoms with Crippen LogP contribution in [0.2, 0.25) is 0 Å². The fourth-order valence-electron chi connectivity index (χ4n) is 3.17. The molecule has 24 heavy (non-hydrogen) atoms. The first-order valence-electron chi connectivity index (χ1n) is 7.94. The van der Waals surface area contributed by atoms with Crippen LogP contribution in [0.1, 0.15) is 12.8 Å². The number of benzene rings is 1. The lowest BCUT2D eigenvalue weighted by molar-refractivity contribution is -0.137. The molecule has 0 saturated carbocycles. The molecule has 0 unspecified atom stereocenters. The predicted octanol–water partition coefficient (Wildman–Crippen LogP) is 0.613. The largest absolute Gasteiger partial charge is 0.492 e. The quantitative estimate of drug-likeness (QED) is 0.841. The molecule has 1 saturated heterocycles. The minimum atomic E-state index is -3.59. The molecule has 132 valence electrons. The number of nitrogens with zero attached hydrogens (tertiary/aromatic N) is 1. The Hall–Kier alpha value is -1.64. The van der Waals surface area contributed by atoms with E-state index in [1.165, 1.54) is 7.11 Å². The van der Waals surface area contributed by atoms with E-state index < -0.39 is 10.0 Å². The molecule has 2 aliphatic rings. The lowest BCUT2D eigenvalue weighted by atomic mass is 9.79. The van der Waals surface area contributed by atoms with Gasteiger partial charge in [-0.2, -0.15) is 0 Å². The van der Waals surface area contributed by atoms with Gasteiger partial charge in [-0.25, -0.2) is 13.1 Å². The number of carbonyl (C=O) groups excluding carboxylic acids is 1. The fraction of sp³-hybridized carbons (Fsp3) is 0.562. The van der Waals surface area contributed by atoms with Gasteiger partial charge >= 0.3 is 0 Å². The third-order valence-corrected chi connectivity index (χ3v) is 6.20. The second-order valence-corrected chi connectivity index (χ2v) is 8.11. The maximum absolute atomic E-state index is 12.5. The van der Waals surface area contributed by atoms with Crippen molar-refractivity contribution in [3.63, 3.8) is 0 Å². The molecule has 0 aromatic heterocycles. The Morgan fingerprint density at radius 3 is 2.75 bits per heavy atom. The van der Waals surface area contributed by atoms with Crippen molar-refractivity contribution < 1.29 is 22.7 Å². The van der Waals surface area contributed by atoms with E-state index in [0.717, 1.165) is 0 Å². The van der Waals surface area contributed by atoms with Crippen molar-refractivity contribution in [2.75, 3.05) is 40.0 Å². The maximum atomic E-state index is 12.5. The van der Waals surface area contributed by atoms with E-state index in [2.05, 4.69) is 4.72 Å². The van der Waals surface area contributed by atoms with Crippen LogP contribution in [0.25, 0.3) is 0 Å². The number of carbonyl (C=O) groups is 1. The molecule has 1 aromatic rings. The molecule has 1 N–H and O–H groups in total. The van der Waals surface area contributed by atoms with Crippen LogP contribution < -0.4 is 9.46 Å². The molecule has 0 atom stereocenters. The van der Waals surface area contributed by atoms with Crippen LogP contribution in [0.5, 0.6) is 5.75 Å². The summed E-state index contributed by atoms with van der Waals surface area (Å²) in [5, 5.41) is 0. The number of ether oxygens (including phenoxy) is 2. The topological polar surface area (TPSA) is 84.9 Å². The molecule has 8 heteroatoms. The van der Waals surface area contributed by atoms with Crippen molar-refractivity contribution >= 4 is 15.9 Å². The summed E-state index contributed by atoms with van der Waals surface area (Å²) in [6, 6.07) is 6.65. The molecule has 1 spiro atoms. The zero-order chi connectivity index (χ0) is 17.2. The lowest BCUT2D eigenvalue weighted by Crippen LogP contribution is -2.51. The summed E-state index contributed by atoms with van der Waals surface area (Å²) in [5.74, 6) is 0.340. The van der Waals surface area contributed by atoms with Gasteiger partial charge in [-0.3, -0.25) is 4.79 Å². The van der Waals surface area contributed by atoms with Gasteiger partial charge in [0.15, 0.2) is 0 Å². The molecule has 0 radical (unpaired) electrons. The Balaban J connectivity index is 1.75. The smallest absolute Gasteiger partial charge is 0.248 e. The van der Waals surface area contributed by atoms with E-state index in [-0.39, 0.29) is 22.8 Å². The first-order chi connectivity index (χ1) is 11.5. The summed E-state index contributed by atoms with van der Waals surface area (Å²) < 4.78 is 38.4. The Morgan fingerprint density at radius 1 is 1.33 bits per heavy atom. The lowest BCUT2D eigenvalue weighted by Gasteiger charge is -2.42. The molecule has 2 heterocycles. The first-order valence-corrected chi connectivity index (χ1v) is 9.42. The highest BCUT2D eigenvalue weighted by molar-refractivity contribution is 7.89. The van der Waals surface area contributed by atoms with Gasteiger partial charge in [0, 0.05) is 32.2 Å². The zero-order valence-corrected chi connectivity index (χ0v) is 14.5. The van der Waals surface area contributed by atoms with Crippen LogP contribution in [0, 0.1) is 5.41 Å². The molecular weight excluding hydrogens is 332 g/mol. The van der Waals surface area contributed by atoms with Crippen LogP contribution >= 0.6 is 0 Å². The monoisotopic (exact) mass is 354 g/mol. The van der Waals surface area contributed by atoms with Gasteiger partial charge in [0.2, 0.25) is 15.9 Å². The molecule has 0 bridgehead atoms. The highest BCUT2D eigenvalue weighted by atomic mass is 32.2. The summed E-state index contributed by atoms with van der Waals surface area (Å²) in [5.41, 5.74) is -0.301.